The molecule has 0 aliphatic carbocycles. The molecule has 2 bridgehead atoms. The summed E-state index contributed by atoms with van der Waals surface area (Å²) in [4.78, 5) is 97.8. The summed E-state index contributed by atoms with van der Waals surface area (Å²) in [5.74, 6) is -6.11. The van der Waals surface area contributed by atoms with Crippen LogP contribution in [0.4, 0.5) is 5.69 Å². The number of fused-ring (bicyclic) bond motifs is 18. The van der Waals surface area contributed by atoms with Gasteiger partial charge >= 0.3 is 5.97 Å². The standard InChI is InChI=1S/C28H31BrN6O8.C7H8.C5H6S.C2H4O2.2C2H2/c1-15(36)43-22-12-23(37)31-13-24(38)35-21(11-16-2-6-18(29)7-3-16)27(41)32-14-25(39)34-20(26(30)40)10-17-4-8-19(9-5-17)33-28(22)42;1-7-5-3-2-4-6-7;1-5-3-2-4-6-5;1-2(3)4;2*1-2/h2-9,20-22H,10-14H2,1H3,(H2,30,40)(H,31,37)(H,32,41)(H,33,42)(H,34,39)(H,35,38);2-6H,1H3;2-4H,1H3;1H3,(H,3,4);2*1-2H/t20-,21+,22+;;;;;/m0...../s1. The average Bonchev–Trinajstić information content (AvgIpc) is 3.75. The molecule has 2 aliphatic rings. The minimum atomic E-state index is -1.50. The van der Waals surface area contributed by atoms with Crippen LogP contribution in [0.3, 0.4) is 0 Å². The molecule has 0 fully saturated rings. The Morgan fingerprint density at radius 1 is 0.750 bits per heavy atom. The summed E-state index contributed by atoms with van der Waals surface area (Å²) in [6.07, 6.45) is 14.0. The van der Waals surface area contributed by atoms with Gasteiger partial charge in [0.25, 0.3) is 11.9 Å². The molecule has 18 heteroatoms. The van der Waals surface area contributed by atoms with Crippen molar-refractivity contribution in [3.8, 4) is 25.7 Å². The largest absolute Gasteiger partial charge is 0.481 e. The SMILES string of the molecule is C#C.C#C.CC(=O)O.CC(=O)O[C@@H]1CC(=O)NCC(=O)N[C@H](Cc2ccc(Br)cc2)C(=O)NCC(=O)N[C@H](C(N)=O)Cc2ccc(cc2)NC1=O.Cc1ccccc1.Cc1cccs1. The number of aryl methyl sites for hydroxylation is 2. The molecule has 4 aromatic rings. The highest BCUT2D eigenvalue weighted by Crippen LogP contribution is 2.14. The van der Waals surface area contributed by atoms with Gasteiger partial charge in [-0.1, -0.05) is 82.2 Å². The summed E-state index contributed by atoms with van der Waals surface area (Å²) in [5.41, 5.74) is 8.38. The van der Waals surface area contributed by atoms with Crippen LogP contribution in [0.15, 0.2) is 101 Å². The van der Waals surface area contributed by atoms with Gasteiger partial charge in [-0.05, 0) is 60.7 Å². The number of terminal acetylenes is 2. The second kappa shape index (κ2) is 32.4. The number of nitrogens with two attached hydrogens (primary N) is 1. The third-order valence-electron chi connectivity index (χ3n) is 7.79. The first-order valence-corrected chi connectivity index (χ1v) is 20.7. The molecule has 3 atom stereocenters. The van der Waals surface area contributed by atoms with Crippen LogP contribution < -0.4 is 32.3 Å². The van der Waals surface area contributed by atoms with Crippen LogP contribution in [-0.4, -0.2) is 83.8 Å². The molecule has 0 spiro atoms. The molecule has 6 amide bonds. The van der Waals surface area contributed by atoms with Crippen LogP contribution in [0.25, 0.3) is 0 Å². The lowest BCUT2D eigenvalue weighted by Gasteiger charge is -2.20. The summed E-state index contributed by atoms with van der Waals surface area (Å²) in [7, 11) is 0. The molecule has 3 aromatic carbocycles. The fraction of sp³-hybridized carbons (Fsp3) is 0.261. The summed E-state index contributed by atoms with van der Waals surface area (Å²) in [6.45, 7) is 5.29. The Bertz CT molecular complexity index is 2120. The topological polar surface area (TPSA) is 252 Å². The van der Waals surface area contributed by atoms with Gasteiger partial charge in [0.1, 0.15) is 12.1 Å². The molecule has 0 saturated carbocycles. The Kier molecular flexibility index (Phi) is 28.7. The van der Waals surface area contributed by atoms with Crippen molar-refractivity contribution in [2.24, 2.45) is 5.73 Å². The second-order valence-corrected chi connectivity index (χ2v) is 15.1. The molecule has 0 unspecified atom stereocenters. The minimum absolute atomic E-state index is 0.0156. The average molecular weight is 962 g/mol. The molecular formula is C46H53BrN6O10S. The van der Waals surface area contributed by atoms with Gasteiger partial charge < -0.3 is 42.2 Å². The van der Waals surface area contributed by atoms with E-state index in [0.29, 0.717) is 16.8 Å². The van der Waals surface area contributed by atoms with E-state index in [1.165, 1.54) is 22.6 Å². The van der Waals surface area contributed by atoms with E-state index in [-0.39, 0.29) is 12.8 Å². The lowest BCUT2D eigenvalue weighted by Crippen LogP contribution is -2.53. The van der Waals surface area contributed by atoms with Gasteiger partial charge in [-0.3, -0.25) is 38.4 Å². The van der Waals surface area contributed by atoms with Crippen molar-refractivity contribution >= 4 is 80.3 Å². The van der Waals surface area contributed by atoms with E-state index in [1.54, 1.807) is 47.7 Å². The fourth-order valence-electron chi connectivity index (χ4n) is 4.95. The zero-order valence-electron chi connectivity index (χ0n) is 35.8. The van der Waals surface area contributed by atoms with Gasteiger partial charge in [-0.15, -0.1) is 37.0 Å². The number of carboxylic acids is 1. The highest BCUT2D eigenvalue weighted by atomic mass is 79.9. The maximum Gasteiger partial charge on any atom is 0.303 e. The van der Waals surface area contributed by atoms with E-state index >= 15 is 0 Å². The summed E-state index contributed by atoms with van der Waals surface area (Å²) < 4.78 is 5.82. The van der Waals surface area contributed by atoms with Gasteiger partial charge in [-0.2, -0.15) is 0 Å². The number of ether oxygens (including phenoxy) is 1. The van der Waals surface area contributed by atoms with Crippen molar-refractivity contribution in [1.82, 2.24) is 21.3 Å². The number of hydrogen-bond acceptors (Lipinski definition) is 10. The van der Waals surface area contributed by atoms with E-state index < -0.39 is 85.1 Å². The number of carbonyl (C=O) groups excluding carboxylic acids is 7. The van der Waals surface area contributed by atoms with Gasteiger partial charge in [0.15, 0.2) is 6.10 Å². The summed E-state index contributed by atoms with van der Waals surface area (Å²) >= 11 is 5.11. The number of carboxylic acid groups (broad SMARTS) is 1. The van der Waals surface area contributed by atoms with Crippen LogP contribution in [0.1, 0.15) is 41.8 Å². The van der Waals surface area contributed by atoms with Crippen LogP contribution >= 0.6 is 27.3 Å². The maximum absolute atomic E-state index is 13.0. The third-order valence-corrected chi connectivity index (χ3v) is 9.12. The van der Waals surface area contributed by atoms with Gasteiger partial charge in [0.2, 0.25) is 29.5 Å². The van der Waals surface area contributed by atoms with E-state index in [4.69, 9.17) is 20.4 Å². The van der Waals surface area contributed by atoms with Crippen LogP contribution in [-0.2, 0) is 55.9 Å². The number of anilines is 1. The smallest absolute Gasteiger partial charge is 0.303 e. The van der Waals surface area contributed by atoms with Crippen molar-refractivity contribution in [3.05, 3.63) is 122 Å². The fourth-order valence-corrected chi connectivity index (χ4v) is 5.75. The minimum Gasteiger partial charge on any atom is -0.481 e. The molecule has 8 N–H and O–H groups in total. The maximum atomic E-state index is 13.0. The van der Waals surface area contributed by atoms with E-state index in [0.717, 1.165) is 18.3 Å². The predicted molar refractivity (Wildman–Crippen MR) is 249 cm³/mol. The molecule has 340 valence electrons. The number of carbonyl (C=O) groups is 8. The highest BCUT2D eigenvalue weighted by molar-refractivity contribution is 9.10. The van der Waals surface area contributed by atoms with E-state index in [2.05, 4.69) is 112 Å². The normalized spacial score (nSPS) is 16.2. The van der Waals surface area contributed by atoms with Crippen molar-refractivity contribution in [2.75, 3.05) is 18.4 Å². The molecule has 2 aliphatic heterocycles. The van der Waals surface area contributed by atoms with E-state index in [9.17, 15) is 33.6 Å². The lowest BCUT2D eigenvalue weighted by atomic mass is 10.0. The predicted octanol–water partition coefficient (Wildman–Crippen LogP) is 3.84. The van der Waals surface area contributed by atoms with Gasteiger partial charge in [-0.25, -0.2) is 0 Å². The van der Waals surface area contributed by atoms with Crippen molar-refractivity contribution < 1.29 is 48.2 Å². The zero-order valence-corrected chi connectivity index (χ0v) is 38.2. The number of rotatable bonds is 4. The third kappa shape index (κ3) is 26.1. The molecule has 6 rings (SSSR count). The number of esters is 1. The molecule has 64 heavy (non-hydrogen) atoms. The number of nitrogens with one attached hydrogen (secondary N) is 5. The van der Waals surface area contributed by atoms with Gasteiger partial charge in [0.05, 0.1) is 19.5 Å². The van der Waals surface area contributed by atoms with Crippen LogP contribution in [0, 0.1) is 39.5 Å². The number of halogens is 1. The highest BCUT2D eigenvalue weighted by Gasteiger charge is 2.27. The molecule has 16 nitrogen and oxygen atoms in total. The zero-order chi connectivity index (χ0) is 48.6. The quantitative estimate of drug-likeness (QED) is 0.0885. The molecule has 3 heterocycles. The second-order valence-electron chi connectivity index (χ2n) is 13.1. The van der Waals surface area contributed by atoms with Crippen molar-refractivity contribution in [3.63, 3.8) is 0 Å². The van der Waals surface area contributed by atoms with E-state index in [1.807, 2.05) is 18.2 Å². The molecule has 1 aromatic heterocycles. The number of aliphatic carboxylic acids is 1. The van der Waals surface area contributed by atoms with Crippen molar-refractivity contribution in [2.45, 2.75) is 65.1 Å². The molecule has 0 radical (unpaired) electrons. The van der Waals surface area contributed by atoms with Crippen molar-refractivity contribution in [1.29, 1.82) is 0 Å². The molecular weight excluding hydrogens is 909 g/mol. The van der Waals surface area contributed by atoms with Gasteiger partial charge in [0, 0.05) is 41.7 Å². The Morgan fingerprint density at radius 3 is 1.78 bits per heavy atom. The number of hydrogen-bond donors (Lipinski definition) is 7. The number of thiophene rings is 1. The number of primary amides is 1. The number of benzene rings is 3. The first kappa shape index (κ1) is 56.7. The number of amides is 6. The monoisotopic (exact) mass is 960 g/mol. The summed E-state index contributed by atoms with van der Waals surface area (Å²) in [5, 5.41) is 21.8. The van der Waals surface area contributed by atoms with Crippen LogP contribution in [0.5, 0.6) is 0 Å². The lowest BCUT2D eigenvalue weighted by molar-refractivity contribution is -0.153. The Morgan fingerprint density at radius 2 is 1.31 bits per heavy atom. The Labute approximate surface area is 385 Å². The first-order chi connectivity index (χ1) is 30.4. The van der Waals surface area contributed by atoms with Crippen LogP contribution in [0.2, 0.25) is 0 Å². The summed E-state index contributed by atoms with van der Waals surface area (Å²) in [6, 6.07) is 25.3. The molecule has 0 saturated heterocycles. The first-order valence-electron chi connectivity index (χ1n) is 19.0. The Hall–Kier alpha value is -7.28. The Balaban J connectivity index is 0.00000154.